The van der Waals surface area contributed by atoms with Crippen molar-refractivity contribution in [2.24, 2.45) is 0 Å². The van der Waals surface area contributed by atoms with E-state index >= 15 is 0 Å². The SMILES string of the molecule is O=C(O)C(F)(F)F.c1ccc(-c2cccc(-c3noc(C4CCCN4)n3)c2)cc1. The van der Waals surface area contributed by atoms with Gasteiger partial charge >= 0.3 is 12.1 Å². The number of aliphatic carboxylic acids is 1. The van der Waals surface area contributed by atoms with Crippen LogP contribution >= 0.6 is 0 Å². The first-order chi connectivity index (χ1) is 13.8. The molecular formula is C20H18F3N3O3. The van der Waals surface area contributed by atoms with Gasteiger partial charge in [0.1, 0.15) is 0 Å². The summed E-state index contributed by atoms with van der Waals surface area (Å²) in [6.45, 7) is 1.02. The summed E-state index contributed by atoms with van der Waals surface area (Å²) >= 11 is 0. The third-order valence-electron chi connectivity index (χ3n) is 4.27. The van der Waals surface area contributed by atoms with Crippen LogP contribution < -0.4 is 5.32 Å². The number of rotatable bonds is 3. The molecule has 1 unspecified atom stereocenters. The molecule has 1 aliphatic rings. The van der Waals surface area contributed by atoms with E-state index in [-0.39, 0.29) is 6.04 Å². The molecule has 4 rings (SSSR count). The number of halogens is 3. The number of aromatic nitrogens is 2. The molecule has 0 radical (unpaired) electrons. The predicted octanol–water partition coefficient (Wildman–Crippen LogP) is 4.46. The second-order valence-electron chi connectivity index (χ2n) is 6.35. The van der Waals surface area contributed by atoms with E-state index in [0.717, 1.165) is 30.5 Å². The highest BCUT2D eigenvalue weighted by atomic mass is 19.4. The minimum absolute atomic E-state index is 0.207. The maximum Gasteiger partial charge on any atom is 0.490 e. The lowest BCUT2D eigenvalue weighted by molar-refractivity contribution is -0.192. The third-order valence-corrected chi connectivity index (χ3v) is 4.27. The number of nitrogens with one attached hydrogen (secondary N) is 1. The molecule has 0 spiro atoms. The Morgan fingerprint density at radius 2 is 1.72 bits per heavy atom. The number of carbonyl (C=O) groups is 1. The minimum Gasteiger partial charge on any atom is -0.475 e. The van der Waals surface area contributed by atoms with Crippen LogP contribution in [0, 0.1) is 0 Å². The molecule has 9 heteroatoms. The highest BCUT2D eigenvalue weighted by Crippen LogP contribution is 2.27. The van der Waals surface area contributed by atoms with E-state index in [2.05, 4.69) is 39.7 Å². The summed E-state index contributed by atoms with van der Waals surface area (Å²) in [6, 6.07) is 18.8. The highest BCUT2D eigenvalue weighted by molar-refractivity contribution is 5.73. The molecular weight excluding hydrogens is 387 g/mol. The Balaban J connectivity index is 0.000000298. The molecule has 1 atom stereocenters. The molecule has 2 aromatic carbocycles. The molecule has 2 heterocycles. The molecule has 1 aliphatic heterocycles. The first-order valence-corrected chi connectivity index (χ1v) is 8.87. The number of alkyl halides is 3. The maximum absolute atomic E-state index is 10.6. The van der Waals surface area contributed by atoms with Crippen LogP contribution in [0.4, 0.5) is 13.2 Å². The van der Waals surface area contributed by atoms with Crippen molar-refractivity contribution in [3.05, 3.63) is 60.5 Å². The topological polar surface area (TPSA) is 88.2 Å². The third kappa shape index (κ3) is 5.41. The van der Waals surface area contributed by atoms with Gasteiger partial charge in [-0.25, -0.2) is 4.79 Å². The smallest absolute Gasteiger partial charge is 0.475 e. The van der Waals surface area contributed by atoms with E-state index in [1.165, 1.54) is 5.56 Å². The van der Waals surface area contributed by atoms with Gasteiger partial charge in [-0.1, -0.05) is 53.7 Å². The quantitative estimate of drug-likeness (QED) is 0.669. The van der Waals surface area contributed by atoms with Gasteiger partial charge in [-0.2, -0.15) is 18.2 Å². The number of hydrogen-bond donors (Lipinski definition) is 2. The normalized spacial score (nSPS) is 16.2. The van der Waals surface area contributed by atoms with Gasteiger partial charge in [0, 0.05) is 5.56 Å². The largest absolute Gasteiger partial charge is 0.490 e. The van der Waals surface area contributed by atoms with Gasteiger partial charge in [-0.3, -0.25) is 0 Å². The van der Waals surface area contributed by atoms with Gasteiger partial charge in [0.05, 0.1) is 6.04 Å². The molecule has 1 saturated heterocycles. The second kappa shape index (κ2) is 8.87. The van der Waals surface area contributed by atoms with E-state index in [1.54, 1.807) is 0 Å². The first kappa shape index (κ1) is 20.5. The van der Waals surface area contributed by atoms with Gasteiger partial charge in [0.15, 0.2) is 0 Å². The Morgan fingerprint density at radius 1 is 1.07 bits per heavy atom. The van der Waals surface area contributed by atoms with Gasteiger partial charge in [-0.05, 0) is 36.6 Å². The van der Waals surface area contributed by atoms with Crippen molar-refractivity contribution in [1.29, 1.82) is 0 Å². The molecule has 0 aliphatic carbocycles. The molecule has 152 valence electrons. The zero-order chi connectivity index (χ0) is 20.9. The average molecular weight is 405 g/mol. The fourth-order valence-corrected chi connectivity index (χ4v) is 2.86. The summed E-state index contributed by atoms with van der Waals surface area (Å²) in [6.07, 6.45) is -2.86. The van der Waals surface area contributed by atoms with Gasteiger partial charge in [-0.15, -0.1) is 0 Å². The van der Waals surface area contributed by atoms with Crippen molar-refractivity contribution >= 4 is 5.97 Å². The monoisotopic (exact) mass is 405 g/mol. The summed E-state index contributed by atoms with van der Waals surface area (Å²) in [7, 11) is 0. The molecule has 6 nitrogen and oxygen atoms in total. The van der Waals surface area contributed by atoms with Crippen LogP contribution in [0.5, 0.6) is 0 Å². The molecule has 29 heavy (non-hydrogen) atoms. The number of hydrogen-bond acceptors (Lipinski definition) is 5. The lowest BCUT2D eigenvalue weighted by atomic mass is 10.0. The van der Waals surface area contributed by atoms with Crippen molar-refractivity contribution in [3.8, 4) is 22.5 Å². The lowest BCUT2D eigenvalue weighted by Gasteiger charge is -2.03. The Kier molecular flexibility index (Phi) is 6.28. The van der Waals surface area contributed by atoms with E-state index in [0.29, 0.717) is 11.7 Å². The van der Waals surface area contributed by atoms with E-state index in [1.807, 2.05) is 30.3 Å². The molecule has 1 aromatic heterocycles. The van der Waals surface area contributed by atoms with Crippen LogP contribution in [0.15, 0.2) is 59.1 Å². The Hall–Kier alpha value is -3.20. The number of carboxylic acid groups (broad SMARTS) is 1. The van der Waals surface area contributed by atoms with Gasteiger partial charge in [0.2, 0.25) is 11.7 Å². The average Bonchev–Trinajstić information content (AvgIpc) is 3.40. The Morgan fingerprint density at radius 3 is 2.34 bits per heavy atom. The summed E-state index contributed by atoms with van der Waals surface area (Å²) in [5.74, 6) is -1.41. The van der Waals surface area contributed by atoms with E-state index in [4.69, 9.17) is 14.4 Å². The van der Waals surface area contributed by atoms with Crippen molar-refractivity contribution in [2.75, 3.05) is 6.54 Å². The summed E-state index contributed by atoms with van der Waals surface area (Å²) in [4.78, 5) is 13.5. The number of nitrogens with zero attached hydrogens (tertiary/aromatic N) is 2. The molecule has 0 bridgehead atoms. The fourth-order valence-electron chi connectivity index (χ4n) is 2.86. The van der Waals surface area contributed by atoms with Crippen molar-refractivity contribution < 1.29 is 27.6 Å². The number of benzene rings is 2. The van der Waals surface area contributed by atoms with Crippen LogP contribution in [0.3, 0.4) is 0 Å². The van der Waals surface area contributed by atoms with Crippen molar-refractivity contribution in [3.63, 3.8) is 0 Å². The molecule has 3 aromatic rings. The van der Waals surface area contributed by atoms with Crippen LogP contribution in [0.2, 0.25) is 0 Å². The van der Waals surface area contributed by atoms with E-state index in [9.17, 15) is 13.2 Å². The first-order valence-electron chi connectivity index (χ1n) is 8.87. The molecule has 0 amide bonds. The second-order valence-corrected chi connectivity index (χ2v) is 6.35. The minimum atomic E-state index is -5.08. The molecule has 0 saturated carbocycles. The standard InChI is InChI=1S/C18H17N3O.C2HF3O2/c1-2-6-13(7-3-1)14-8-4-9-15(12-14)17-20-18(22-21-17)16-10-5-11-19-16;3-2(4,5)1(6)7/h1-4,6-9,12,16,19H,5,10-11H2;(H,6,7). The zero-order valence-corrected chi connectivity index (χ0v) is 15.2. The lowest BCUT2D eigenvalue weighted by Crippen LogP contribution is -2.21. The zero-order valence-electron chi connectivity index (χ0n) is 15.2. The van der Waals surface area contributed by atoms with Crippen molar-refractivity contribution in [2.45, 2.75) is 25.1 Å². The molecule has 2 N–H and O–H groups in total. The fraction of sp³-hybridized carbons (Fsp3) is 0.250. The summed E-state index contributed by atoms with van der Waals surface area (Å²) in [5, 5.41) is 14.6. The predicted molar refractivity (Wildman–Crippen MR) is 98.8 cm³/mol. The van der Waals surface area contributed by atoms with Crippen LogP contribution in [-0.2, 0) is 4.79 Å². The maximum atomic E-state index is 10.6. The van der Waals surface area contributed by atoms with Gasteiger partial charge in [0.25, 0.3) is 0 Å². The highest BCUT2D eigenvalue weighted by Gasteiger charge is 2.38. The molecule has 1 fully saturated rings. The Bertz CT molecular complexity index is 952. The summed E-state index contributed by atoms with van der Waals surface area (Å²) in [5.41, 5.74) is 3.32. The van der Waals surface area contributed by atoms with Crippen LogP contribution in [0.25, 0.3) is 22.5 Å². The van der Waals surface area contributed by atoms with Crippen LogP contribution in [-0.4, -0.2) is 33.9 Å². The summed E-state index contributed by atoms with van der Waals surface area (Å²) < 4.78 is 37.2. The van der Waals surface area contributed by atoms with E-state index < -0.39 is 12.1 Å². The van der Waals surface area contributed by atoms with Crippen molar-refractivity contribution in [1.82, 2.24) is 15.5 Å². The number of carboxylic acids is 1. The Labute approximate surface area is 164 Å². The van der Waals surface area contributed by atoms with Crippen LogP contribution in [0.1, 0.15) is 24.8 Å². The van der Waals surface area contributed by atoms with Gasteiger partial charge < -0.3 is 14.9 Å².